The molecule has 0 saturated carbocycles. The number of nitrogens with one attached hydrogen (secondary N) is 1. The van der Waals surface area contributed by atoms with Crippen LogP contribution in [0.4, 0.5) is 0 Å². The Bertz CT molecular complexity index is 938. The van der Waals surface area contributed by atoms with Gasteiger partial charge < -0.3 is 14.6 Å². The fourth-order valence-electron chi connectivity index (χ4n) is 2.98. The minimum Gasteiger partial charge on any atom is -0.379 e. The van der Waals surface area contributed by atoms with Crippen molar-refractivity contribution in [3.05, 3.63) is 23.0 Å². The Morgan fingerprint density at radius 2 is 2.08 bits per heavy atom. The van der Waals surface area contributed by atoms with Gasteiger partial charge in [-0.05, 0) is 19.9 Å². The van der Waals surface area contributed by atoms with Gasteiger partial charge in [-0.1, -0.05) is 5.16 Å². The van der Waals surface area contributed by atoms with Crippen LogP contribution >= 0.6 is 0 Å². The van der Waals surface area contributed by atoms with Gasteiger partial charge in [0, 0.05) is 25.7 Å². The van der Waals surface area contributed by atoms with E-state index in [1.807, 2.05) is 0 Å². The second-order valence-electron chi connectivity index (χ2n) is 6.70. The minimum atomic E-state index is -3.39. The van der Waals surface area contributed by atoms with Crippen molar-refractivity contribution in [2.45, 2.75) is 19.9 Å². The van der Waals surface area contributed by atoms with Crippen molar-refractivity contribution >= 4 is 27.0 Å². The van der Waals surface area contributed by atoms with E-state index < -0.39 is 10.0 Å². The highest BCUT2D eigenvalue weighted by atomic mass is 32.2. The van der Waals surface area contributed by atoms with Crippen LogP contribution in [0, 0.1) is 19.8 Å². The molecule has 9 nitrogen and oxygen atoms in total. The molecule has 1 aliphatic rings. The van der Waals surface area contributed by atoms with Gasteiger partial charge >= 0.3 is 0 Å². The fourth-order valence-corrected chi connectivity index (χ4v) is 4.15. The van der Waals surface area contributed by atoms with Crippen molar-refractivity contribution in [3.8, 4) is 0 Å². The number of aromatic nitrogens is 2. The lowest BCUT2D eigenvalue weighted by Gasteiger charge is -2.21. The molecule has 0 spiro atoms. The molecule has 2 aromatic heterocycles. The van der Waals surface area contributed by atoms with E-state index in [1.54, 1.807) is 19.9 Å². The highest BCUT2D eigenvalue weighted by molar-refractivity contribution is 7.89. The number of sulfonamides is 1. The Morgan fingerprint density at radius 1 is 1.35 bits per heavy atom. The van der Waals surface area contributed by atoms with Crippen molar-refractivity contribution in [2.24, 2.45) is 5.92 Å². The first-order chi connectivity index (χ1) is 12.2. The summed E-state index contributed by atoms with van der Waals surface area (Å²) in [6.07, 6.45) is 0. The van der Waals surface area contributed by atoms with Gasteiger partial charge in [0.15, 0.2) is 0 Å². The lowest BCUT2D eigenvalue weighted by Crippen LogP contribution is -2.43. The summed E-state index contributed by atoms with van der Waals surface area (Å²) in [7, 11) is -0.407. The highest BCUT2D eigenvalue weighted by Gasteiger charge is 2.34. The third-order valence-corrected chi connectivity index (χ3v) is 6.45. The lowest BCUT2D eigenvalue weighted by atomic mass is 10.0. The van der Waals surface area contributed by atoms with Crippen LogP contribution in [-0.2, 0) is 14.8 Å². The molecule has 0 unspecified atom stereocenters. The topological polar surface area (TPSA) is 115 Å². The summed E-state index contributed by atoms with van der Waals surface area (Å²) in [5.74, 6) is -0.718. The smallest absolute Gasteiger partial charge is 0.258 e. The van der Waals surface area contributed by atoms with E-state index in [0.29, 0.717) is 28.1 Å². The van der Waals surface area contributed by atoms with Gasteiger partial charge in [0.1, 0.15) is 0 Å². The Labute approximate surface area is 151 Å². The van der Waals surface area contributed by atoms with Gasteiger partial charge in [0.2, 0.25) is 10.0 Å². The standard InChI is InChI=1S/C16H22N4O5S/c1-9-5-12(14-10(2)19-25-16(14)17-9)15(21)18-13-7-24-6-11(13)8-26(22,23)20(3)4/h5,11,13H,6-8H2,1-4H3,(H,18,21)/t11-,13+/m0/s1. The summed E-state index contributed by atoms with van der Waals surface area (Å²) in [4.78, 5) is 17.1. The summed E-state index contributed by atoms with van der Waals surface area (Å²) >= 11 is 0. The highest BCUT2D eigenvalue weighted by Crippen LogP contribution is 2.23. The average Bonchev–Trinajstić information content (AvgIpc) is 3.13. The molecule has 1 fully saturated rings. The molecule has 0 aliphatic carbocycles. The summed E-state index contributed by atoms with van der Waals surface area (Å²) < 4.78 is 36.0. The van der Waals surface area contributed by atoms with Crippen molar-refractivity contribution in [2.75, 3.05) is 33.1 Å². The van der Waals surface area contributed by atoms with Crippen LogP contribution in [0.3, 0.4) is 0 Å². The largest absolute Gasteiger partial charge is 0.379 e. The minimum absolute atomic E-state index is 0.0813. The maximum Gasteiger partial charge on any atom is 0.258 e. The first-order valence-corrected chi connectivity index (χ1v) is 9.82. The molecule has 2 aromatic rings. The first kappa shape index (κ1) is 18.7. The second kappa shape index (κ2) is 6.93. The van der Waals surface area contributed by atoms with E-state index in [2.05, 4.69) is 15.5 Å². The quantitative estimate of drug-likeness (QED) is 0.799. The number of fused-ring (bicyclic) bond motifs is 1. The molecule has 3 heterocycles. The molecule has 1 amide bonds. The van der Waals surface area contributed by atoms with Crippen LogP contribution in [0.1, 0.15) is 21.7 Å². The van der Waals surface area contributed by atoms with Crippen LogP contribution in [0.25, 0.3) is 11.1 Å². The summed E-state index contributed by atoms with van der Waals surface area (Å²) in [5.41, 5.74) is 1.93. The van der Waals surface area contributed by atoms with Crippen LogP contribution in [0.15, 0.2) is 10.6 Å². The summed E-state index contributed by atoms with van der Waals surface area (Å²) in [5, 5.41) is 7.33. The zero-order valence-electron chi connectivity index (χ0n) is 15.1. The maximum absolute atomic E-state index is 12.8. The molecule has 0 aromatic carbocycles. The molecule has 1 saturated heterocycles. The Hall–Kier alpha value is -2.04. The van der Waals surface area contributed by atoms with E-state index in [0.717, 1.165) is 0 Å². The number of rotatable bonds is 5. The molecule has 142 valence electrons. The van der Waals surface area contributed by atoms with Crippen molar-refractivity contribution in [1.29, 1.82) is 0 Å². The van der Waals surface area contributed by atoms with E-state index in [4.69, 9.17) is 9.26 Å². The second-order valence-corrected chi connectivity index (χ2v) is 8.93. The monoisotopic (exact) mass is 382 g/mol. The number of carbonyl (C=O) groups excluding carboxylic acids is 1. The molecular weight excluding hydrogens is 360 g/mol. The van der Waals surface area contributed by atoms with E-state index in [9.17, 15) is 13.2 Å². The average molecular weight is 382 g/mol. The molecule has 26 heavy (non-hydrogen) atoms. The number of hydrogen-bond acceptors (Lipinski definition) is 7. The molecular formula is C16H22N4O5S. The van der Waals surface area contributed by atoms with Crippen LogP contribution < -0.4 is 5.32 Å². The SMILES string of the molecule is Cc1cc(C(=O)N[C@@H]2COC[C@H]2CS(=O)(=O)N(C)C)c2c(C)noc2n1. The Morgan fingerprint density at radius 3 is 2.77 bits per heavy atom. The van der Waals surface area contributed by atoms with Crippen LogP contribution in [0.5, 0.6) is 0 Å². The van der Waals surface area contributed by atoms with E-state index in [1.165, 1.54) is 18.4 Å². The number of amides is 1. The molecule has 0 bridgehead atoms. The van der Waals surface area contributed by atoms with Gasteiger partial charge in [-0.15, -0.1) is 0 Å². The predicted molar refractivity (Wildman–Crippen MR) is 94.3 cm³/mol. The van der Waals surface area contributed by atoms with Gasteiger partial charge in [-0.2, -0.15) is 0 Å². The zero-order valence-corrected chi connectivity index (χ0v) is 16.0. The van der Waals surface area contributed by atoms with E-state index >= 15 is 0 Å². The fraction of sp³-hybridized carbons (Fsp3) is 0.562. The molecule has 3 rings (SSSR count). The van der Waals surface area contributed by atoms with Gasteiger partial charge in [0.05, 0.1) is 41.7 Å². The molecule has 0 radical (unpaired) electrons. The number of pyridine rings is 1. The molecule has 10 heteroatoms. The summed E-state index contributed by atoms with van der Waals surface area (Å²) in [6.45, 7) is 4.06. The number of carbonyl (C=O) groups is 1. The molecule has 1 N–H and O–H groups in total. The van der Waals surface area contributed by atoms with Gasteiger partial charge in [-0.25, -0.2) is 17.7 Å². The first-order valence-electron chi connectivity index (χ1n) is 8.21. The third kappa shape index (κ3) is 3.57. The van der Waals surface area contributed by atoms with Crippen LogP contribution in [0.2, 0.25) is 0 Å². The van der Waals surface area contributed by atoms with Gasteiger partial charge in [-0.3, -0.25) is 4.79 Å². The van der Waals surface area contributed by atoms with Crippen molar-refractivity contribution < 1.29 is 22.5 Å². The van der Waals surface area contributed by atoms with E-state index in [-0.39, 0.29) is 36.8 Å². The normalized spacial score (nSPS) is 20.8. The number of ether oxygens (including phenoxy) is 1. The third-order valence-electron chi connectivity index (χ3n) is 4.49. The van der Waals surface area contributed by atoms with Crippen LogP contribution in [-0.4, -0.2) is 67.9 Å². The Kier molecular flexibility index (Phi) is 5.00. The van der Waals surface area contributed by atoms with Gasteiger partial charge in [0.25, 0.3) is 11.6 Å². The molecule has 1 aliphatic heterocycles. The predicted octanol–water partition coefficient (Wildman–Crippen LogP) is 0.476. The van der Waals surface area contributed by atoms with Crippen molar-refractivity contribution in [1.82, 2.24) is 19.8 Å². The van der Waals surface area contributed by atoms with Crippen molar-refractivity contribution in [3.63, 3.8) is 0 Å². The number of hydrogen-bond donors (Lipinski definition) is 1. The summed E-state index contributed by atoms with van der Waals surface area (Å²) in [6, 6.07) is 1.28. The molecule has 2 atom stereocenters. The zero-order chi connectivity index (χ0) is 19.1. The number of nitrogens with zero attached hydrogens (tertiary/aromatic N) is 3. The lowest BCUT2D eigenvalue weighted by molar-refractivity contribution is 0.0927. The maximum atomic E-state index is 12.8. The Balaban J connectivity index is 1.83. The number of aryl methyl sites for hydroxylation is 2.